The molecule has 3 rings (SSSR count). The monoisotopic (exact) mass is 335 g/mol. The van der Waals surface area contributed by atoms with Crippen LogP contribution in [0.1, 0.15) is 17.7 Å². The Kier molecular flexibility index (Phi) is 5.27. The van der Waals surface area contributed by atoms with E-state index in [0.29, 0.717) is 5.25 Å². The summed E-state index contributed by atoms with van der Waals surface area (Å²) in [5, 5.41) is 0.473. The second-order valence-corrected chi connectivity index (χ2v) is 8.75. The molecule has 124 valence electrons. The molecule has 0 bridgehead atoms. The van der Waals surface area contributed by atoms with Crippen molar-refractivity contribution >= 4 is 16.6 Å². The van der Waals surface area contributed by atoms with E-state index in [1.165, 1.54) is 21.0 Å². The molecule has 0 N–H and O–H groups in total. The Morgan fingerprint density at radius 2 is 1.12 bits per heavy atom. The van der Waals surface area contributed by atoms with Gasteiger partial charge in [0.1, 0.15) is 0 Å². The molecule has 24 heavy (non-hydrogen) atoms. The first-order chi connectivity index (χ1) is 11.7. The summed E-state index contributed by atoms with van der Waals surface area (Å²) >= 11 is 0. The number of hydrogen-bond acceptors (Lipinski definition) is 1. The number of nitrogens with zero attached hydrogens (tertiary/aromatic N) is 1. The Labute approximate surface area is 148 Å². The minimum Gasteiger partial charge on any atom is -0.378 e. The molecule has 0 fully saturated rings. The summed E-state index contributed by atoms with van der Waals surface area (Å²) in [7, 11) is 3.74. The zero-order valence-corrected chi connectivity index (χ0v) is 15.4. The molecule has 3 aromatic rings. The van der Waals surface area contributed by atoms with Gasteiger partial charge in [0.25, 0.3) is 0 Å². The predicted octanol–water partition coefficient (Wildman–Crippen LogP) is 5.93. The van der Waals surface area contributed by atoms with Crippen LogP contribution in [0.2, 0.25) is 0 Å². The molecule has 0 spiro atoms. The van der Waals surface area contributed by atoms with E-state index in [-0.39, 0.29) is 0 Å². The Bertz CT molecular complexity index is 711. The largest absolute Gasteiger partial charge is 0.378 e. The Morgan fingerprint density at radius 3 is 1.54 bits per heavy atom. The number of anilines is 1. The Hall–Kier alpha value is -2.19. The molecule has 0 saturated carbocycles. The highest BCUT2D eigenvalue weighted by Gasteiger charge is 2.19. The molecule has 1 unspecified atom stereocenters. The van der Waals surface area contributed by atoms with Crippen molar-refractivity contribution in [3.63, 3.8) is 0 Å². The van der Waals surface area contributed by atoms with Crippen LogP contribution in [0.25, 0.3) is 0 Å². The van der Waals surface area contributed by atoms with Crippen LogP contribution in [0.4, 0.5) is 5.69 Å². The molecule has 0 heterocycles. The minimum absolute atomic E-state index is 0.427. The Morgan fingerprint density at radius 1 is 0.667 bits per heavy atom. The first-order valence-corrected chi connectivity index (χ1v) is 9.74. The van der Waals surface area contributed by atoms with Crippen LogP contribution in [-0.2, 0) is 0 Å². The highest BCUT2D eigenvalue weighted by Crippen LogP contribution is 2.55. The van der Waals surface area contributed by atoms with Gasteiger partial charge in [-0.15, -0.1) is 0 Å². The van der Waals surface area contributed by atoms with Crippen LogP contribution in [0, 0.1) is 0 Å². The fourth-order valence-corrected chi connectivity index (χ4v) is 5.62. The summed E-state index contributed by atoms with van der Waals surface area (Å²) in [6.07, 6.45) is 0. The van der Waals surface area contributed by atoms with Crippen molar-refractivity contribution in [1.82, 2.24) is 0 Å². The van der Waals surface area contributed by atoms with Crippen molar-refractivity contribution in [3.8, 4) is 0 Å². The molecule has 1 atom stereocenters. The van der Waals surface area contributed by atoms with Crippen molar-refractivity contribution in [2.75, 3.05) is 19.0 Å². The lowest BCUT2D eigenvalue weighted by Crippen LogP contribution is -2.08. The maximum atomic E-state index is 2.36. The second-order valence-electron chi connectivity index (χ2n) is 6.20. The molecule has 0 radical (unpaired) electrons. The SMILES string of the molecule is CC(c1ccc(N(C)C)cc1)[SH](c1ccccc1)c1ccccc1. The van der Waals surface area contributed by atoms with Gasteiger partial charge in [-0.05, 0) is 51.8 Å². The molecule has 2 heteroatoms. The van der Waals surface area contributed by atoms with Crippen LogP contribution in [0.3, 0.4) is 0 Å². The van der Waals surface area contributed by atoms with Crippen LogP contribution < -0.4 is 4.90 Å². The van der Waals surface area contributed by atoms with Crippen molar-refractivity contribution < 1.29 is 0 Å². The van der Waals surface area contributed by atoms with Crippen LogP contribution in [0.5, 0.6) is 0 Å². The van der Waals surface area contributed by atoms with Gasteiger partial charge in [0.2, 0.25) is 0 Å². The van der Waals surface area contributed by atoms with E-state index < -0.39 is 10.9 Å². The van der Waals surface area contributed by atoms with Gasteiger partial charge in [-0.3, -0.25) is 0 Å². The number of rotatable bonds is 5. The summed E-state index contributed by atoms with van der Waals surface area (Å²) in [6.45, 7) is 2.36. The van der Waals surface area contributed by atoms with Gasteiger partial charge in [-0.25, -0.2) is 0 Å². The predicted molar refractivity (Wildman–Crippen MR) is 108 cm³/mol. The van der Waals surface area contributed by atoms with E-state index in [9.17, 15) is 0 Å². The standard InChI is InChI=1S/C22H25NS/c1-18(19-14-16-20(17-15-19)23(2)3)24(21-10-6-4-7-11-21)22-12-8-5-9-13-22/h4-18,24H,1-3H3. The smallest absolute Gasteiger partial charge is 0.0361 e. The molecule has 0 amide bonds. The van der Waals surface area contributed by atoms with Gasteiger partial charge in [0.05, 0.1) is 0 Å². The fourth-order valence-electron chi connectivity index (χ4n) is 2.97. The molecule has 0 saturated heterocycles. The highest BCUT2D eigenvalue weighted by atomic mass is 32.2. The Balaban J connectivity index is 1.99. The zero-order chi connectivity index (χ0) is 16.9. The van der Waals surface area contributed by atoms with Crippen molar-refractivity contribution in [2.24, 2.45) is 0 Å². The molecule has 0 aliphatic carbocycles. The highest BCUT2D eigenvalue weighted by molar-refractivity contribution is 8.17. The van der Waals surface area contributed by atoms with Gasteiger partial charge in [0.15, 0.2) is 0 Å². The third kappa shape index (κ3) is 3.65. The number of hydrogen-bond donors (Lipinski definition) is 1. The summed E-state index contributed by atoms with van der Waals surface area (Å²) in [4.78, 5) is 5.01. The van der Waals surface area contributed by atoms with Gasteiger partial charge < -0.3 is 4.90 Å². The maximum absolute atomic E-state index is 2.36. The average Bonchev–Trinajstić information content (AvgIpc) is 2.64. The topological polar surface area (TPSA) is 3.24 Å². The number of thiol groups is 1. The number of benzene rings is 3. The van der Waals surface area contributed by atoms with Crippen LogP contribution >= 0.6 is 10.9 Å². The van der Waals surface area contributed by atoms with Crippen molar-refractivity contribution in [1.29, 1.82) is 0 Å². The van der Waals surface area contributed by atoms with Crippen molar-refractivity contribution in [3.05, 3.63) is 90.5 Å². The summed E-state index contributed by atoms with van der Waals surface area (Å²) in [5.74, 6) is 0. The molecule has 1 nitrogen and oxygen atoms in total. The quantitative estimate of drug-likeness (QED) is 0.565. The van der Waals surface area contributed by atoms with E-state index in [2.05, 4.69) is 111 Å². The van der Waals surface area contributed by atoms with E-state index in [4.69, 9.17) is 0 Å². The van der Waals surface area contributed by atoms with Gasteiger partial charge in [-0.1, -0.05) is 55.5 Å². The van der Waals surface area contributed by atoms with Crippen molar-refractivity contribution in [2.45, 2.75) is 22.0 Å². The second kappa shape index (κ2) is 7.59. The summed E-state index contributed by atoms with van der Waals surface area (Å²) < 4.78 is 0. The lowest BCUT2D eigenvalue weighted by atomic mass is 10.1. The first-order valence-electron chi connectivity index (χ1n) is 8.33. The van der Waals surface area contributed by atoms with Gasteiger partial charge in [-0.2, -0.15) is 10.9 Å². The third-order valence-electron chi connectivity index (χ3n) is 4.35. The van der Waals surface area contributed by atoms with Crippen LogP contribution in [-0.4, -0.2) is 14.1 Å². The molecule has 0 aliphatic rings. The minimum atomic E-state index is -0.427. The first kappa shape index (κ1) is 16.7. The lowest BCUT2D eigenvalue weighted by molar-refractivity contribution is 1.06. The molecular formula is C22H25NS. The zero-order valence-electron chi connectivity index (χ0n) is 14.6. The van der Waals surface area contributed by atoms with E-state index in [1.54, 1.807) is 0 Å². The third-order valence-corrected chi connectivity index (χ3v) is 7.13. The van der Waals surface area contributed by atoms with Gasteiger partial charge >= 0.3 is 0 Å². The van der Waals surface area contributed by atoms with Gasteiger partial charge in [0, 0.05) is 25.0 Å². The molecular weight excluding hydrogens is 310 g/mol. The summed E-state index contributed by atoms with van der Waals surface area (Å²) in [5.41, 5.74) is 2.65. The lowest BCUT2D eigenvalue weighted by Gasteiger charge is -2.30. The molecule has 0 aliphatic heterocycles. The van der Waals surface area contributed by atoms with E-state index in [1.807, 2.05) is 0 Å². The van der Waals surface area contributed by atoms with E-state index >= 15 is 0 Å². The average molecular weight is 336 g/mol. The van der Waals surface area contributed by atoms with E-state index in [0.717, 1.165) is 0 Å². The molecule has 0 aromatic heterocycles. The summed E-state index contributed by atoms with van der Waals surface area (Å²) in [6, 6.07) is 30.8. The van der Waals surface area contributed by atoms with Crippen LogP contribution in [0.15, 0.2) is 94.7 Å². The molecule has 3 aromatic carbocycles. The normalized spacial score (nSPS) is 12.5. The maximum Gasteiger partial charge on any atom is 0.0361 e. The fraction of sp³-hybridized carbons (Fsp3) is 0.182.